The van der Waals surface area contributed by atoms with E-state index in [-0.39, 0.29) is 17.0 Å². The highest BCUT2D eigenvalue weighted by Gasteiger charge is 2.28. The van der Waals surface area contributed by atoms with Gasteiger partial charge in [-0.3, -0.25) is 9.59 Å². The van der Waals surface area contributed by atoms with E-state index in [1.807, 2.05) is 0 Å². The van der Waals surface area contributed by atoms with Crippen LogP contribution in [-0.2, 0) is 14.8 Å². The molecule has 25 heavy (non-hydrogen) atoms. The zero-order chi connectivity index (χ0) is 19.4. The van der Waals surface area contributed by atoms with Crippen LogP contribution >= 0.6 is 0 Å². The van der Waals surface area contributed by atoms with Crippen LogP contribution in [0, 0.1) is 12.3 Å². The Morgan fingerprint density at radius 1 is 1.20 bits per heavy atom. The Morgan fingerprint density at radius 2 is 1.76 bits per heavy atom. The van der Waals surface area contributed by atoms with Crippen LogP contribution in [0.1, 0.15) is 43.6 Å². The Labute approximate surface area is 149 Å². The molecule has 0 atom stereocenters. The molecule has 0 unspecified atom stereocenters. The van der Waals surface area contributed by atoms with Crippen LogP contribution in [0.15, 0.2) is 23.1 Å². The first-order chi connectivity index (χ1) is 11.5. The summed E-state index contributed by atoms with van der Waals surface area (Å²) in [7, 11) is -3.67. The fraction of sp³-hybridized carbons (Fsp3) is 0.529. The number of rotatable bonds is 8. The maximum atomic E-state index is 12.6. The van der Waals surface area contributed by atoms with E-state index in [0.29, 0.717) is 18.7 Å². The Bertz CT molecular complexity index is 752. The average Bonchev–Trinajstić information content (AvgIpc) is 2.53. The number of aliphatic carboxylic acids is 1. The third-order valence-electron chi connectivity index (χ3n) is 4.07. The van der Waals surface area contributed by atoms with E-state index in [9.17, 15) is 18.0 Å². The third-order valence-corrected chi connectivity index (χ3v) is 6.11. The Hall–Kier alpha value is -1.93. The Morgan fingerprint density at radius 3 is 2.24 bits per heavy atom. The molecule has 0 spiro atoms. The zero-order valence-corrected chi connectivity index (χ0v) is 16.1. The van der Waals surface area contributed by atoms with Crippen LogP contribution in [0.2, 0.25) is 0 Å². The SMILES string of the molecule is CCN(CC)S(=O)(=O)c1ccc(C)c(C(=O)NCC(C)(C)C(=O)O)c1. The second-order valence-electron chi connectivity index (χ2n) is 6.44. The van der Waals surface area contributed by atoms with Crippen molar-refractivity contribution in [1.82, 2.24) is 9.62 Å². The van der Waals surface area contributed by atoms with Crippen LogP contribution in [0.3, 0.4) is 0 Å². The zero-order valence-electron chi connectivity index (χ0n) is 15.3. The summed E-state index contributed by atoms with van der Waals surface area (Å²) in [6, 6.07) is 4.39. The second kappa shape index (κ2) is 7.97. The van der Waals surface area contributed by atoms with Crippen molar-refractivity contribution in [2.24, 2.45) is 5.41 Å². The predicted octanol–water partition coefficient (Wildman–Crippen LogP) is 1.87. The molecule has 0 aromatic heterocycles. The van der Waals surface area contributed by atoms with E-state index in [4.69, 9.17) is 5.11 Å². The molecular weight excluding hydrogens is 344 g/mol. The van der Waals surface area contributed by atoms with Gasteiger partial charge in [-0.1, -0.05) is 19.9 Å². The number of nitrogens with zero attached hydrogens (tertiary/aromatic N) is 1. The molecule has 0 fully saturated rings. The molecular formula is C17H26N2O5S. The predicted molar refractivity (Wildman–Crippen MR) is 95.0 cm³/mol. The highest BCUT2D eigenvalue weighted by atomic mass is 32.2. The van der Waals surface area contributed by atoms with Gasteiger partial charge in [0.1, 0.15) is 0 Å². The normalized spacial score (nSPS) is 12.2. The number of sulfonamides is 1. The number of carboxylic acid groups (broad SMARTS) is 1. The molecule has 0 saturated heterocycles. The summed E-state index contributed by atoms with van der Waals surface area (Å²) in [5.74, 6) is -1.52. The maximum absolute atomic E-state index is 12.6. The molecule has 1 rings (SSSR count). The fourth-order valence-corrected chi connectivity index (χ4v) is 3.68. The number of carbonyl (C=O) groups excluding carboxylic acids is 1. The fourth-order valence-electron chi connectivity index (χ4n) is 2.19. The van der Waals surface area contributed by atoms with E-state index in [0.717, 1.165) is 0 Å². The van der Waals surface area contributed by atoms with Gasteiger partial charge in [0, 0.05) is 25.2 Å². The molecule has 140 valence electrons. The largest absolute Gasteiger partial charge is 0.481 e. The lowest BCUT2D eigenvalue weighted by molar-refractivity contribution is -0.146. The molecule has 1 amide bonds. The standard InChI is InChI=1S/C17H26N2O5S/c1-6-19(7-2)25(23,24)13-9-8-12(3)14(10-13)15(20)18-11-17(4,5)16(21)22/h8-10H,6-7,11H2,1-5H3,(H,18,20)(H,21,22). The summed E-state index contributed by atoms with van der Waals surface area (Å²) in [6.07, 6.45) is 0. The van der Waals surface area contributed by atoms with Crippen LogP contribution in [0.4, 0.5) is 0 Å². The summed E-state index contributed by atoms with van der Waals surface area (Å²) in [4.78, 5) is 23.6. The summed E-state index contributed by atoms with van der Waals surface area (Å²) in [6.45, 7) is 8.81. The van der Waals surface area contributed by atoms with Gasteiger partial charge >= 0.3 is 5.97 Å². The van der Waals surface area contributed by atoms with Crippen molar-refractivity contribution in [3.63, 3.8) is 0 Å². The summed E-state index contributed by atoms with van der Waals surface area (Å²) in [5, 5.41) is 11.7. The minimum absolute atomic E-state index is 0.0458. The molecule has 1 aromatic carbocycles. The van der Waals surface area contributed by atoms with Gasteiger partial charge in [0.25, 0.3) is 5.91 Å². The summed E-state index contributed by atoms with van der Waals surface area (Å²) >= 11 is 0. The van der Waals surface area contributed by atoms with E-state index in [1.54, 1.807) is 26.8 Å². The monoisotopic (exact) mass is 370 g/mol. The number of carboxylic acids is 1. The van der Waals surface area contributed by atoms with Gasteiger partial charge in [0.05, 0.1) is 10.3 Å². The summed E-state index contributed by atoms with van der Waals surface area (Å²) in [5.41, 5.74) is -0.285. The topological polar surface area (TPSA) is 104 Å². The number of nitrogens with one attached hydrogen (secondary N) is 1. The van der Waals surface area contributed by atoms with Gasteiger partial charge in [-0.2, -0.15) is 4.31 Å². The van der Waals surface area contributed by atoms with Gasteiger partial charge in [-0.05, 0) is 38.5 Å². The molecule has 2 N–H and O–H groups in total. The van der Waals surface area contributed by atoms with Crippen LogP contribution < -0.4 is 5.32 Å². The molecule has 7 nitrogen and oxygen atoms in total. The minimum atomic E-state index is -3.67. The Balaban J connectivity index is 3.14. The molecule has 0 aliphatic rings. The molecule has 0 radical (unpaired) electrons. The van der Waals surface area contributed by atoms with Crippen LogP contribution in [0.25, 0.3) is 0 Å². The molecule has 0 saturated carbocycles. The second-order valence-corrected chi connectivity index (χ2v) is 8.38. The molecule has 0 heterocycles. The van der Waals surface area contributed by atoms with E-state index >= 15 is 0 Å². The number of benzene rings is 1. The highest BCUT2D eigenvalue weighted by molar-refractivity contribution is 7.89. The van der Waals surface area contributed by atoms with E-state index < -0.39 is 27.3 Å². The Kier molecular flexibility index (Phi) is 6.73. The van der Waals surface area contributed by atoms with Crippen molar-refractivity contribution >= 4 is 21.9 Å². The number of carbonyl (C=O) groups is 2. The summed E-state index contributed by atoms with van der Waals surface area (Å²) < 4.78 is 26.5. The van der Waals surface area contributed by atoms with Crippen molar-refractivity contribution in [1.29, 1.82) is 0 Å². The average molecular weight is 370 g/mol. The maximum Gasteiger partial charge on any atom is 0.310 e. The van der Waals surface area contributed by atoms with Gasteiger partial charge in [0.2, 0.25) is 10.0 Å². The van der Waals surface area contributed by atoms with Gasteiger partial charge in [-0.15, -0.1) is 0 Å². The van der Waals surface area contributed by atoms with E-state index in [1.165, 1.54) is 30.3 Å². The molecule has 0 bridgehead atoms. The lowest BCUT2D eigenvalue weighted by Gasteiger charge is -2.21. The molecule has 8 heteroatoms. The molecule has 0 aliphatic carbocycles. The first-order valence-corrected chi connectivity index (χ1v) is 9.53. The van der Waals surface area contributed by atoms with Crippen molar-refractivity contribution < 1.29 is 23.1 Å². The smallest absolute Gasteiger partial charge is 0.310 e. The third kappa shape index (κ3) is 4.79. The van der Waals surface area contributed by atoms with Crippen molar-refractivity contribution in [3.8, 4) is 0 Å². The van der Waals surface area contributed by atoms with Gasteiger partial charge in [0.15, 0.2) is 0 Å². The van der Waals surface area contributed by atoms with Crippen molar-refractivity contribution in [3.05, 3.63) is 29.3 Å². The quantitative estimate of drug-likeness (QED) is 0.727. The lowest BCUT2D eigenvalue weighted by Crippen LogP contribution is -2.39. The number of hydrogen-bond acceptors (Lipinski definition) is 4. The van der Waals surface area contributed by atoms with Crippen molar-refractivity contribution in [2.45, 2.75) is 39.5 Å². The first-order valence-electron chi connectivity index (χ1n) is 8.09. The number of amides is 1. The molecule has 0 aliphatic heterocycles. The molecule has 1 aromatic rings. The first kappa shape index (κ1) is 21.1. The number of aryl methyl sites for hydroxylation is 1. The van der Waals surface area contributed by atoms with Gasteiger partial charge in [-0.25, -0.2) is 8.42 Å². The lowest BCUT2D eigenvalue weighted by atomic mass is 9.93. The van der Waals surface area contributed by atoms with Gasteiger partial charge < -0.3 is 10.4 Å². The minimum Gasteiger partial charge on any atom is -0.481 e. The van der Waals surface area contributed by atoms with E-state index in [2.05, 4.69) is 5.32 Å². The van der Waals surface area contributed by atoms with Crippen LogP contribution in [-0.4, -0.2) is 49.3 Å². The van der Waals surface area contributed by atoms with Crippen LogP contribution in [0.5, 0.6) is 0 Å². The van der Waals surface area contributed by atoms with Crippen molar-refractivity contribution in [2.75, 3.05) is 19.6 Å². The highest BCUT2D eigenvalue weighted by Crippen LogP contribution is 2.20. The number of hydrogen-bond donors (Lipinski definition) is 2.